The molecule has 1 aromatic carbocycles. The Kier molecular flexibility index (Phi) is 14.0. The molecule has 1 heteroatoms. The van der Waals surface area contributed by atoms with Crippen LogP contribution in [0.3, 0.4) is 0 Å². The molecule has 0 saturated heterocycles. The Balaban J connectivity index is 1.90. The molecular weight excluding hydrogens is 508 g/mol. The minimum Gasteiger partial charge on any atom is -0.381 e. The van der Waals surface area contributed by atoms with Gasteiger partial charge in [0.05, 0.1) is 6.10 Å². The van der Waals surface area contributed by atoms with Crippen molar-refractivity contribution in [2.75, 3.05) is 7.11 Å². The van der Waals surface area contributed by atoms with Gasteiger partial charge in [-0.1, -0.05) is 139 Å². The summed E-state index contributed by atoms with van der Waals surface area (Å²) in [5.41, 5.74) is 13.3. The SMILES string of the molecule is CO[C@H]1CC(C)=C(/C=C/C(C)=C/C=C/C(C)=C/C=C/C=C(C)/C=C/C=C(C)/C=C/c2ccc(C)c(C)c2C)C(C)(C)C1. The summed E-state index contributed by atoms with van der Waals surface area (Å²) in [5.74, 6) is 0. The Bertz CT molecular complexity index is 1390. The third-order valence-corrected chi connectivity index (χ3v) is 8.20. The van der Waals surface area contributed by atoms with Crippen LogP contribution < -0.4 is 0 Å². The largest absolute Gasteiger partial charge is 0.381 e. The minimum atomic E-state index is 0.136. The molecule has 0 spiro atoms. The zero-order chi connectivity index (χ0) is 31.3. The molecule has 42 heavy (non-hydrogen) atoms. The predicted molar refractivity (Wildman–Crippen MR) is 188 cm³/mol. The normalized spacial score (nSPS) is 19.6. The van der Waals surface area contributed by atoms with Gasteiger partial charge in [-0.25, -0.2) is 0 Å². The number of hydrogen-bond acceptors (Lipinski definition) is 1. The third kappa shape index (κ3) is 11.5. The molecule has 1 aliphatic rings. The van der Waals surface area contributed by atoms with E-state index < -0.39 is 0 Å². The van der Waals surface area contributed by atoms with Gasteiger partial charge in [-0.05, 0) is 101 Å². The van der Waals surface area contributed by atoms with Gasteiger partial charge in [0.25, 0.3) is 0 Å². The van der Waals surface area contributed by atoms with Crippen LogP contribution in [-0.4, -0.2) is 13.2 Å². The molecule has 0 amide bonds. The smallest absolute Gasteiger partial charge is 0.0616 e. The van der Waals surface area contributed by atoms with Crippen molar-refractivity contribution < 1.29 is 4.74 Å². The molecule has 0 aromatic heterocycles. The average molecular weight is 563 g/mol. The summed E-state index contributed by atoms with van der Waals surface area (Å²) < 4.78 is 5.64. The van der Waals surface area contributed by atoms with Crippen molar-refractivity contribution in [2.45, 2.75) is 88.2 Å². The molecule has 1 aromatic rings. The molecule has 2 rings (SSSR count). The number of rotatable bonds is 11. The molecule has 0 saturated carbocycles. The van der Waals surface area contributed by atoms with E-state index in [2.05, 4.69) is 166 Å². The van der Waals surface area contributed by atoms with Crippen LogP contribution in [0.4, 0.5) is 0 Å². The van der Waals surface area contributed by atoms with Gasteiger partial charge in [-0.3, -0.25) is 0 Å². The molecule has 0 unspecified atom stereocenters. The fourth-order valence-electron chi connectivity index (χ4n) is 5.25. The lowest BCUT2D eigenvalue weighted by atomic mass is 9.71. The van der Waals surface area contributed by atoms with Crippen LogP contribution >= 0.6 is 0 Å². The predicted octanol–water partition coefficient (Wildman–Crippen LogP) is 11.8. The maximum atomic E-state index is 5.64. The fourth-order valence-corrected chi connectivity index (χ4v) is 5.25. The molecule has 1 atom stereocenters. The van der Waals surface area contributed by atoms with Crippen LogP contribution in [0.15, 0.2) is 125 Å². The lowest BCUT2D eigenvalue weighted by Gasteiger charge is -2.37. The van der Waals surface area contributed by atoms with E-state index in [1.54, 1.807) is 0 Å². The molecule has 0 fully saturated rings. The Morgan fingerprint density at radius 2 is 1.19 bits per heavy atom. The van der Waals surface area contributed by atoms with Crippen LogP contribution in [0, 0.1) is 26.2 Å². The first-order valence-electron chi connectivity index (χ1n) is 15.2. The summed E-state index contributed by atoms with van der Waals surface area (Å²) in [7, 11) is 1.82. The van der Waals surface area contributed by atoms with Crippen molar-refractivity contribution in [3.63, 3.8) is 0 Å². The van der Waals surface area contributed by atoms with Crippen LogP contribution in [0.25, 0.3) is 6.08 Å². The average Bonchev–Trinajstić information content (AvgIpc) is 2.92. The van der Waals surface area contributed by atoms with E-state index in [0.717, 1.165) is 12.8 Å². The van der Waals surface area contributed by atoms with Crippen LogP contribution in [0.1, 0.15) is 83.6 Å². The quantitative estimate of drug-likeness (QED) is 0.244. The highest BCUT2D eigenvalue weighted by atomic mass is 16.5. The Hall–Kier alpha value is -3.42. The summed E-state index contributed by atoms with van der Waals surface area (Å²) in [6.07, 6.45) is 32.6. The molecule has 0 aliphatic heterocycles. The highest BCUT2D eigenvalue weighted by Gasteiger charge is 2.32. The molecule has 1 aliphatic carbocycles. The van der Waals surface area contributed by atoms with Gasteiger partial charge in [-0.2, -0.15) is 0 Å². The summed E-state index contributed by atoms with van der Waals surface area (Å²) in [6.45, 7) is 22.0. The lowest BCUT2D eigenvalue weighted by Crippen LogP contribution is -2.29. The highest BCUT2D eigenvalue weighted by Crippen LogP contribution is 2.41. The van der Waals surface area contributed by atoms with Crippen molar-refractivity contribution in [1.29, 1.82) is 0 Å². The van der Waals surface area contributed by atoms with Crippen molar-refractivity contribution >= 4 is 6.08 Å². The zero-order valence-corrected chi connectivity index (χ0v) is 28.1. The zero-order valence-electron chi connectivity index (χ0n) is 28.1. The summed E-state index contributed by atoms with van der Waals surface area (Å²) in [4.78, 5) is 0. The minimum absolute atomic E-state index is 0.136. The molecule has 0 heterocycles. The van der Waals surface area contributed by atoms with Crippen molar-refractivity contribution in [1.82, 2.24) is 0 Å². The first kappa shape index (κ1) is 34.8. The van der Waals surface area contributed by atoms with Gasteiger partial charge in [0.1, 0.15) is 0 Å². The molecule has 0 radical (unpaired) electrons. The number of hydrogen-bond donors (Lipinski definition) is 0. The van der Waals surface area contributed by atoms with E-state index in [1.165, 1.54) is 55.7 Å². The summed E-state index contributed by atoms with van der Waals surface area (Å²) in [6, 6.07) is 4.40. The van der Waals surface area contributed by atoms with E-state index in [4.69, 9.17) is 4.74 Å². The second-order valence-corrected chi connectivity index (χ2v) is 12.5. The molecule has 0 bridgehead atoms. The van der Waals surface area contributed by atoms with Gasteiger partial charge in [0.2, 0.25) is 0 Å². The number of methoxy groups -OCH3 is 1. The Morgan fingerprint density at radius 3 is 1.71 bits per heavy atom. The number of aryl methyl sites for hydroxylation is 1. The molecular formula is C41H54O. The van der Waals surface area contributed by atoms with Crippen LogP contribution in [-0.2, 0) is 4.74 Å². The first-order chi connectivity index (χ1) is 19.8. The van der Waals surface area contributed by atoms with Gasteiger partial charge in [0.15, 0.2) is 0 Å². The second kappa shape index (κ2) is 16.9. The second-order valence-electron chi connectivity index (χ2n) is 12.5. The summed E-state index contributed by atoms with van der Waals surface area (Å²) >= 11 is 0. The number of ether oxygens (including phenoxy) is 1. The molecule has 224 valence electrons. The Morgan fingerprint density at radius 1 is 0.690 bits per heavy atom. The van der Waals surface area contributed by atoms with E-state index >= 15 is 0 Å². The monoisotopic (exact) mass is 562 g/mol. The fraction of sp³-hybridized carbons (Fsp3) is 0.366. The summed E-state index contributed by atoms with van der Waals surface area (Å²) in [5, 5.41) is 0. The first-order valence-corrected chi connectivity index (χ1v) is 15.2. The topological polar surface area (TPSA) is 9.23 Å². The van der Waals surface area contributed by atoms with Crippen LogP contribution in [0.5, 0.6) is 0 Å². The maximum Gasteiger partial charge on any atom is 0.0616 e. The van der Waals surface area contributed by atoms with E-state index in [-0.39, 0.29) is 5.41 Å². The van der Waals surface area contributed by atoms with Gasteiger partial charge >= 0.3 is 0 Å². The molecule has 1 nitrogen and oxygen atoms in total. The van der Waals surface area contributed by atoms with E-state index in [1.807, 2.05) is 7.11 Å². The highest BCUT2D eigenvalue weighted by molar-refractivity contribution is 5.59. The van der Waals surface area contributed by atoms with Gasteiger partial charge in [0, 0.05) is 7.11 Å². The lowest BCUT2D eigenvalue weighted by molar-refractivity contribution is 0.0627. The van der Waals surface area contributed by atoms with E-state index in [9.17, 15) is 0 Å². The molecule has 0 N–H and O–H groups in total. The Labute approximate surface area is 257 Å². The number of allylic oxidation sites excluding steroid dienone is 18. The van der Waals surface area contributed by atoms with Crippen molar-refractivity contribution in [3.8, 4) is 0 Å². The van der Waals surface area contributed by atoms with E-state index in [0.29, 0.717) is 6.10 Å². The van der Waals surface area contributed by atoms with Crippen molar-refractivity contribution in [2.24, 2.45) is 5.41 Å². The third-order valence-electron chi connectivity index (χ3n) is 8.20. The van der Waals surface area contributed by atoms with Gasteiger partial charge < -0.3 is 4.74 Å². The standard InChI is InChI=1S/C41H54O/c1-30(18-14-20-32(3)22-25-38-26-24-34(5)36(7)37(38)8)16-12-13-17-31(2)19-15-21-33(4)23-27-40-35(6)28-39(42-11)29-41(40,9)10/h12-27,39H,28-29H2,1-11H3/b13-12+,18-14+,19-15+,25-22+,27-23+,30-16+,31-17+,32-20+,33-21+/t39-/m0/s1. The van der Waals surface area contributed by atoms with Gasteiger partial charge in [-0.15, -0.1) is 0 Å². The van der Waals surface area contributed by atoms with Crippen LogP contribution in [0.2, 0.25) is 0 Å². The van der Waals surface area contributed by atoms with Crippen molar-refractivity contribution in [3.05, 3.63) is 147 Å². The maximum absolute atomic E-state index is 5.64. The number of benzene rings is 1.